The third-order valence-electron chi connectivity index (χ3n) is 6.31. The molecule has 0 unspecified atom stereocenters. The number of imide groups is 2. The first kappa shape index (κ1) is 27.4. The van der Waals surface area contributed by atoms with Gasteiger partial charge < -0.3 is 9.47 Å². The van der Waals surface area contributed by atoms with E-state index in [1.54, 1.807) is 18.2 Å². The van der Waals surface area contributed by atoms with E-state index in [4.69, 9.17) is 9.47 Å². The van der Waals surface area contributed by atoms with E-state index >= 15 is 0 Å². The number of hydrogen-bond acceptors (Lipinski definition) is 5. The Labute approximate surface area is 236 Å². The molecule has 1 aliphatic heterocycles. The number of nitrogens with zero attached hydrogens (tertiary/aromatic N) is 1. The maximum atomic E-state index is 13.4. The maximum Gasteiger partial charge on any atom is 0.335 e. The first-order valence-corrected chi connectivity index (χ1v) is 13.5. The second-order valence-electron chi connectivity index (χ2n) is 8.91. The standard InChI is InChI=1S/C30H29IN2O5/c1-5-22-9-7-8-10-25(22)33-29(35)23(28(34)32-30(33)36)14-21-15-24(31)27(26(16-21)37-6-2)38-17-20-12-11-18(3)19(4)13-20/h7-16H,5-6,17H2,1-4H3,(H,32,34,36)/b23-14-. The Morgan fingerprint density at radius 3 is 2.42 bits per heavy atom. The summed E-state index contributed by atoms with van der Waals surface area (Å²) < 4.78 is 12.8. The molecule has 4 rings (SSSR count). The molecule has 0 radical (unpaired) electrons. The number of anilines is 1. The summed E-state index contributed by atoms with van der Waals surface area (Å²) >= 11 is 2.15. The SMILES string of the molecule is CCOc1cc(/C=C2/C(=O)NC(=O)N(c3ccccc3CC)C2=O)cc(I)c1OCc1ccc(C)c(C)c1. The molecule has 1 fully saturated rings. The lowest BCUT2D eigenvalue weighted by molar-refractivity contribution is -0.122. The summed E-state index contributed by atoms with van der Waals surface area (Å²) in [4.78, 5) is 39.8. The lowest BCUT2D eigenvalue weighted by Crippen LogP contribution is -2.54. The number of halogens is 1. The van der Waals surface area contributed by atoms with Gasteiger partial charge in [-0.3, -0.25) is 14.9 Å². The molecule has 1 N–H and O–H groups in total. The van der Waals surface area contributed by atoms with Gasteiger partial charge in [-0.25, -0.2) is 9.69 Å². The highest BCUT2D eigenvalue weighted by atomic mass is 127. The predicted octanol–water partition coefficient (Wildman–Crippen LogP) is 6.11. The molecule has 3 aromatic rings. The van der Waals surface area contributed by atoms with Crippen LogP contribution in [0.4, 0.5) is 10.5 Å². The number of barbiturate groups is 1. The van der Waals surface area contributed by atoms with Crippen molar-refractivity contribution in [3.63, 3.8) is 0 Å². The fourth-order valence-electron chi connectivity index (χ4n) is 4.19. The van der Waals surface area contributed by atoms with Gasteiger partial charge in [-0.1, -0.05) is 43.3 Å². The lowest BCUT2D eigenvalue weighted by Gasteiger charge is -2.28. The van der Waals surface area contributed by atoms with Gasteiger partial charge in [-0.05, 0) is 102 Å². The zero-order valence-corrected chi connectivity index (χ0v) is 23.9. The van der Waals surface area contributed by atoms with Gasteiger partial charge in [0, 0.05) is 0 Å². The molecule has 0 saturated carbocycles. The number of hydrogen-bond donors (Lipinski definition) is 1. The summed E-state index contributed by atoms with van der Waals surface area (Å²) in [5.74, 6) is -0.333. The summed E-state index contributed by atoms with van der Waals surface area (Å²) in [5.41, 5.74) is 5.16. The minimum absolute atomic E-state index is 0.141. The number of aryl methyl sites for hydroxylation is 3. The number of carbonyl (C=O) groups is 3. The van der Waals surface area contributed by atoms with E-state index in [9.17, 15) is 14.4 Å². The van der Waals surface area contributed by atoms with E-state index < -0.39 is 17.8 Å². The van der Waals surface area contributed by atoms with Crippen molar-refractivity contribution in [3.05, 3.63) is 91.6 Å². The highest BCUT2D eigenvalue weighted by Crippen LogP contribution is 2.36. The van der Waals surface area contributed by atoms with Crippen molar-refractivity contribution < 1.29 is 23.9 Å². The molecule has 196 valence electrons. The van der Waals surface area contributed by atoms with E-state index in [0.717, 1.165) is 19.6 Å². The van der Waals surface area contributed by atoms with Gasteiger partial charge in [0.15, 0.2) is 11.5 Å². The molecule has 7 nitrogen and oxygen atoms in total. The summed E-state index contributed by atoms with van der Waals surface area (Å²) in [6, 6.07) is 16.1. The van der Waals surface area contributed by atoms with Gasteiger partial charge in [-0.15, -0.1) is 0 Å². The maximum absolute atomic E-state index is 13.4. The summed E-state index contributed by atoms with van der Waals surface area (Å²) in [6.07, 6.45) is 2.10. The average molecular weight is 624 g/mol. The van der Waals surface area contributed by atoms with Crippen LogP contribution < -0.4 is 19.7 Å². The zero-order valence-electron chi connectivity index (χ0n) is 21.8. The first-order valence-electron chi connectivity index (χ1n) is 12.4. The highest BCUT2D eigenvalue weighted by Gasteiger charge is 2.37. The molecule has 0 bridgehead atoms. The highest BCUT2D eigenvalue weighted by molar-refractivity contribution is 14.1. The Balaban J connectivity index is 1.67. The van der Waals surface area contributed by atoms with Crippen LogP contribution in [-0.2, 0) is 22.6 Å². The van der Waals surface area contributed by atoms with Gasteiger partial charge in [0.25, 0.3) is 11.8 Å². The van der Waals surface area contributed by atoms with Crippen LogP contribution in [0.1, 0.15) is 41.7 Å². The molecule has 3 aromatic carbocycles. The molecule has 4 amide bonds. The van der Waals surface area contributed by atoms with E-state index in [2.05, 4.69) is 53.9 Å². The van der Waals surface area contributed by atoms with Gasteiger partial charge in [0.05, 0.1) is 15.9 Å². The summed E-state index contributed by atoms with van der Waals surface area (Å²) in [5, 5.41) is 2.29. The van der Waals surface area contributed by atoms with Crippen LogP contribution in [0.5, 0.6) is 11.5 Å². The molecule has 8 heteroatoms. The molecule has 0 aliphatic carbocycles. The molecule has 1 saturated heterocycles. The van der Waals surface area contributed by atoms with Crippen molar-refractivity contribution in [3.8, 4) is 11.5 Å². The Kier molecular flexibility index (Phi) is 8.51. The number of benzene rings is 3. The van der Waals surface area contributed by atoms with Crippen LogP contribution >= 0.6 is 22.6 Å². The van der Waals surface area contributed by atoms with Crippen molar-refractivity contribution in [1.29, 1.82) is 0 Å². The fourth-order valence-corrected chi connectivity index (χ4v) is 4.98. The van der Waals surface area contributed by atoms with Gasteiger partial charge in [0.1, 0.15) is 12.2 Å². The Hall–Kier alpha value is -3.66. The van der Waals surface area contributed by atoms with Crippen molar-refractivity contribution in [2.45, 2.75) is 40.7 Å². The third-order valence-corrected chi connectivity index (χ3v) is 7.11. The minimum atomic E-state index is -0.766. The molecule has 0 spiro atoms. The number of rotatable bonds is 8. The lowest BCUT2D eigenvalue weighted by atomic mass is 10.0. The van der Waals surface area contributed by atoms with Gasteiger partial charge in [0.2, 0.25) is 0 Å². The van der Waals surface area contributed by atoms with Gasteiger partial charge in [-0.2, -0.15) is 0 Å². The quantitative estimate of drug-likeness (QED) is 0.186. The van der Waals surface area contributed by atoms with Crippen molar-refractivity contribution in [1.82, 2.24) is 5.32 Å². The fraction of sp³-hybridized carbons (Fsp3) is 0.233. The van der Waals surface area contributed by atoms with E-state index in [1.165, 1.54) is 17.2 Å². The molecule has 1 aliphatic rings. The summed E-state index contributed by atoms with van der Waals surface area (Å²) in [6.45, 7) is 8.72. The first-order chi connectivity index (χ1) is 18.2. The Morgan fingerprint density at radius 1 is 0.947 bits per heavy atom. The molecule has 1 heterocycles. The normalized spacial score (nSPS) is 14.6. The van der Waals surface area contributed by atoms with E-state index in [0.29, 0.717) is 42.4 Å². The van der Waals surface area contributed by atoms with Gasteiger partial charge >= 0.3 is 6.03 Å². The topological polar surface area (TPSA) is 84.9 Å². The van der Waals surface area contributed by atoms with Crippen LogP contribution in [0.2, 0.25) is 0 Å². The number of urea groups is 1. The second-order valence-corrected chi connectivity index (χ2v) is 10.1. The van der Waals surface area contributed by atoms with Crippen LogP contribution in [0.3, 0.4) is 0 Å². The van der Waals surface area contributed by atoms with Crippen LogP contribution in [0.15, 0.2) is 60.2 Å². The molecular weight excluding hydrogens is 595 g/mol. The van der Waals surface area contributed by atoms with Crippen molar-refractivity contribution in [2.75, 3.05) is 11.5 Å². The zero-order chi connectivity index (χ0) is 27.4. The second kappa shape index (κ2) is 11.8. The number of ether oxygens (including phenoxy) is 2. The number of nitrogens with one attached hydrogen (secondary N) is 1. The van der Waals surface area contributed by atoms with Crippen molar-refractivity contribution in [2.24, 2.45) is 0 Å². The Bertz CT molecular complexity index is 1450. The average Bonchev–Trinajstić information content (AvgIpc) is 2.88. The molecular formula is C30H29IN2O5. The van der Waals surface area contributed by atoms with E-state index in [-0.39, 0.29) is 5.57 Å². The molecule has 0 atom stereocenters. The predicted molar refractivity (Wildman–Crippen MR) is 155 cm³/mol. The van der Waals surface area contributed by atoms with Crippen molar-refractivity contribution >= 4 is 52.2 Å². The van der Waals surface area contributed by atoms with Crippen LogP contribution in [0, 0.1) is 17.4 Å². The van der Waals surface area contributed by atoms with E-state index in [1.807, 2.05) is 38.1 Å². The molecule has 38 heavy (non-hydrogen) atoms. The largest absolute Gasteiger partial charge is 0.490 e. The number of para-hydroxylation sites is 1. The monoisotopic (exact) mass is 624 g/mol. The number of carbonyl (C=O) groups excluding carboxylic acids is 3. The summed E-state index contributed by atoms with van der Waals surface area (Å²) in [7, 11) is 0. The third kappa shape index (κ3) is 5.75. The Morgan fingerprint density at radius 2 is 1.71 bits per heavy atom. The smallest absolute Gasteiger partial charge is 0.335 e. The van der Waals surface area contributed by atoms with Crippen LogP contribution in [0.25, 0.3) is 6.08 Å². The minimum Gasteiger partial charge on any atom is -0.490 e. The molecule has 0 aromatic heterocycles. The van der Waals surface area contributed by atoms with Crippen LogP contribution in [-0.4, -0.2) is 24.5 Å². The number of amides is 4.